The zero-order chi connectivity index (χ0) is 28.6. The maximum absolute atomic E-state index is 14.7. The minimum absolute atomic E-state index is 0.123. The summed E-state index contributed by atoms with van der Waals surface area (Å²) in [7, 11) is -3.73. The van der Waals surface area contributed by atoms with Crippen LogP contribution in [-0.2, 0) is 24.2 Å². The number of benzene rings is 2. The monoisotopic (exact) mass is 587 g/mol. The van der Waals surface area contributed by atoms with Crippen LogP contribution in [0.5, 0.6) is 0 Å². The molecule has 0 radical (unpaired) electrons. The van der Waals surface area contributed by atoms with Gasteiger partial charge in [-0.25, -0.2) is 12.8 Å². The summed E-state index contributed by atoms with van der Waals surface area (Å²) in [5, 5.41) is 9.78. The largest absolute Gasteiger partial charge is 0.481 e. The normalized spacial score (nSPS) is 21.6. The number of ether oxygens (including phenoxy) is 1. The zero-order valence-electron chi connectivity index (χ0n) is 21.8. The molecule has 0 spiro atoms. The molecule has 1 aliphatic rings. The molecule has 1 saturated heterocycles. The SMILES string of the molecule is CC(C)C(CS(=O)(=O)C(C)(C)C)N1C(=O)[C@@H](CC(=O)O)O[C@H](c2cccc(Cl)c2)[C@H]1c1ccc(Cl)c(F)c1. The zero-order valence-corrected chi connectivity index (χ0v) is 24.1. The first-order valence-corrected chi connectivity index (χ1v) is 14.6. The fraction of sp³-hybridized carbons (Fsp3) is 0.481. The number of sulfone groups is 1. The van der Waals surface area contributed by atoms with E-state index in [1.54, 1.807) is 65.0 Å². The highest BCUT2D eigenvalue weighted by atomic mass is 35.5. The Morgan fingerprint density at radius 1 is 1.13 bits per heavy atom. The van der Waals surface area contributed by atoms with Gasteiger partial charge in [-0.15, -0.1) is 0 Å². The van der Waals surface area contributed by atoms with Gasteiger partial charge in [0.1, 0.15) is 18.0 Å². The second-order valence-corrected chi connectivity index (χ2v) is 14.4. The molecule has 208 valence electrons. The summed E-state index contributed by atoms with van der Waals surface area (Å²) in [5.74, 6) is -3.41. The number of morpholine rings is 1. The highest BCUT2D eigenvalue weighted by Gasteiger charge is 2.49. The number of carbonyl (C=O) groups excluding carboxylic acids is 1. The predicted octanol–water partition coefficient (Wildman–Crippen LogP) is 5.85. The van der Waals surface area contributed by atoms with E-state index in [0.29, 0.717) is 16.1 Å². The van der Waals surface area contributed by atoms with Crippen LogP contribution in [0.15, 0.2) is 42.5 Å². The molecule has 2 aromatic rings. The molecule has 38 heavy (non-hydrogen) atoms. The van der Waals surface area contributed by atoms with Gasteiger partial charge in [0.15, 0.2) is 9.84 Å². The highest BCUT2D eigenvalue weighted by Crippen LogP contribution is 2.45. The van der Waals surface area contributed by atoms with E-state index in [1.807, 2.05) is 0 Å². The van der Waals surface area contributed by atoms with E-state index in [4.69, 9.17) is 27.9 Å². The first kappa shape index (κ1) is 30.3. The quantitative estimate of drug-likeness (QED) is 0.415. The van der Waals surface area contributed by atoms with Crippen LogP contribution >= 0.6 is 23.2 Å². The number of nitrogens with zero attached hydrogens (tertiary/aromatic N) is 1. The van der Waals surface area contributed by atoms with Crippen molar-refractivity contribution in [3.63, 3.8) is 0 Å². The Morgan fingerprint density at radius 2 is 1.79 bits per heavy atom. The van der Waals surface area contributed by atoms with E-state index >= 15 is 0 Å². The Balaban J connectivity index is 2.29. The second-order valence-electron chi connectivity index (χ2n) is 10.8. The molecule has 0 aromatic heterocycles. The summed E-state index contributed by atoms with van der Waals surface area (Å²) in [6, 6.07) is 8.85. The minimum Gasteiger partial charge on any atom is -0.481 e. The molecule has 1 fully saturated rings. The molecule has 3 rings (SSSR count). The van der Waals surface area contributed by atoms with Crippen molar-refractivity contribution in [3.8, 4) is 0 Å². The lowest BCUT2D eigenvalue weighted by Crippen LogP contribution is -2.58. The van der Waals surface area contributed by atoms with Crippen LogP contribution in [0, 0.1) is 11.7 Å². The standard InChI is InChI=1S/C27H32Cl2FNO6S/c1-15(2)21(14-38(35,36)27(3,4)5)31-24(16-9-10-19(29)20(30)12-16)25(17-7-6-8-18(28)11-17)37-22(26(31)34)13-23(32)33/h6-12,15,21-22,24-25H,13-14H2,1-5H3,(H,32,33)/t21?,22-,24-,25-/m1/s1. The van der Waals surface area contributed by atoms with Crippen LogP contribution in [0.25, 0.3) is 0 Å². The number of hydrogen-bond donors (Lipinski definition) is 1. The molecular weight excluding hydrogens is 556 g/mol. The van der Waals surface area contributed by atoms with Gasteiger partial charge in [0.05, 0.1) is 28.0 Å². The van der Waals surface area contributed by atoms with Crippen LogP contribution in [-0.4, -0.2) is 52.9 Å². The number of carbonyl (C=O) groups is 2. The summed E-state index contributed by atoms with van der Waals surface area (Å²) in [6.07, 6.45) is -3.01. The molecule has 0 aliphatic carbocycles. The van der Waals surface area contributed by atoms with E-state index in [1.165, 1.54) is 17.0 Å². The average molecular weight is 589 g/mol. The van der Waals surface area contributed by atoms with Gasteiger partial charge in [0, 0.05) is 11.1 Å². The first-order chi connectivity index (χ1) is 17.5. The van der Waals surface area contributed by atoms with E-state index < -0.39 is 63.0 Å². The van der Waals surface area contributed by atoms with E-state index in [9.17, 15) is 27.5 Å². The highest BCUT2D eigenvalue weighted by molar-refractivity contribution is 7.92. The van der Waals surface area contributed by atoms with Gasteiger partial charge in [-0.1, -0.05) is 55.2 Å². The lowest BCUT2D eigenvalue weighted by molar-refractivity contribution is -0.184. The third-order valence-corrected chi connectivity index (χ3v) is 9.89. The van der Waals surface area contributed by atoms with Gasteiger partial charge in [0.25, 0.3) is 5.91 Å². The molecule has 1 heterocycles. The van der Waals surface area contributed by atoms with Gasteiger partial charge in [-0.05, 0) is 62.1 Å². The Morgan fingerprint density at radius 3 is 2.32 bits per heavy atom. The Labute approximate surface area is 232 Å². The number of hydrogen-bond acceptors (Lipinski definition) is 5. The fourth-order valence-corrected chi connectivity index (χ4v) is 6.28. The molecule has 1 aliphatic heterocycles. The molecule has 2 aromatic carbocycles. The lowest BCUT2D eigenvalue weighted by atomic mass is 9.88. The third-order valence-electron chi connectivity index (χ3n) is 6.70. The summed E-state index contributed by atoms with van der Waals surface area (Å²) in [6.45, 7) is 8.30. The average Bonchev–Trinajstić information content (AvgIpc) is 2.79. The van der Waals surface area contributed by atoms with Crippen molar-refractivity contribution in [2.45, 2.75) is 70.1 Å². The van der Waals surface area contributed by atoms with Crippen LogP contribution in [0.1, 0.15) is 64.3 Å². The summed E-state index contributed by atoms with van der Waals surface area (Å²) in [4.78, 5) is 27.0. The number of halogens is 3. The maximum atomic E-state index is 14.7. The van der Waals surface area contributed by atoms with E-state index in [-0.39, 0.29) is 16.7 Å². The van der Waals surface area contributed by atoms with Gasteiger partial charge < -0.3 is 14.7 Å². The number of carboxylic acid groups (broad SMARTS) is 1. The second kappa shape index (κ2) is 11.5. The molecule has 4 atom stereocenters. The molecule has 7 nitrogen and oxygen atoms in total. The predicted molar refractivity (Wildman–Crippen MR) is 144 cm³/mol. The number of rotatable bonds is 8. The first-order valence-electron chi connectivity index (χ1n) is 12.2. The maximum Gasteiger partial charge on any atom is 0.306 e. The van der Waals surface area contributed by atoms with Crippen LogP contribution in [0.4, 0.5) is 4.39 Å². The van der Waals surface area contributed by atoms with Crippen molar-refractivity contribution in [1.82, 2.24) is 4.90 Å². The molecular formula is C27H32Cl2FNO6S. The third kappa shape index (κ3) is 6.50. The van der Waals surface area contributed by atoms with E-state index in [2.05, 4.69) is 0 Å². The van der Waals surface area contributed by atoms with Crippen LogP contribution in [0.3, 0.4) is 0 Å². The van der Waals surface area contributed by atoms with Gasteiger partial charge in [-0.3, -0.25) is 9.59 Å². The molecule has 1 unspecified atom stereocenters. The van der Waals surface area contributed by atoms with Crippen molar-refractivity contribution in [2.75, 3.05) is 5.75 Å². The molecule has 0 saturated carbocycles. The Kier molecular flexibility index (Phi) is 9.18. The summed E-state index contributed by atoms with van der Waals surface area (Å²) >= 11 is 12.2. The summed E-state index contributed by atoms with van der Waals surface area (Å²) < 4.78 is 46.4. The van der Waals surface area contributed by atoms with Crippen molar-refractivity contribution >= 4 is 44.9 Å². The molecule has 1 amide bonds. The fourth-order valence-electron chi connectivity index (χ4n) is 4.47. The topological polar surface area (TPSA) is 101 Å². The Bertz CT molecular complexity index is 1310. The molecule has 1 N–H and O–H groups in total. The van der Waals surface area contributed by atoms with Crippen molar-refractivity contribution < 1.29 is 32.2 Å². The van der Waals surface area contributed by atoms with E-state index in [0.717, 1.165) is 0 Å². The summed E-state index contributed by atoms with van der Waals surface area (Å²) in [5.41, 5.74) is 0.838. The van der Waals surface area contributed by atoms with Crippen molar-refractivity contribution in [1.29, 1.82) is 0 Å². The number of amides is 1. The smallest absolute Gasteiger partial charge is 0.306 e. The molecule has 11 heteroatoms. The van der Waals surface area contributed by atoms with Crippen molar-refractivity contribution in [2.24, 2.45) is 5.92 Å². The minimum atomic E-state index is -3.73. The van der Waals surface area contributed by atoms with Gasteiger partial charge in [0.2, 0.25) is 0 Å². The Hall–Kier alpha value is -2.20. The number of carboxylic acids is 1. The number of aliphatic carboxylic acids is 1. The van der Waals surface area contributed by atoms with Crippen LogP contribution in [0.2, 0.25) is 10.0 Å². The lowest BCUT2D eigenvalue weighted by Gasteiger charge is -2.49. The van der Waals surface area contributed by atoms with Crippen LogP contribution < -0.4 is 0 Å². The van der Waals surface area contributed by atoms with Gasteiger partial charge >= 0.3 is 5.97 Å². The van der Waals surface area contributed by atoms with Crippen molar-refractivity contribution in [3.05, 3.63) is 69.5 Å². The van der Waals surface area contributed by atoms with Gasteiger partial charge in [-0.2, -0.15) is 0 Å². The molecule has 0 bridgehead atoms.